The normalized spacial score (nSPS) is 15.6. The molecule has 0 radical (unpaired) electrons. The van der Waals surface area contributed by atoms with Crippen molar-refractivity contribution in [3.8, 4) is 17.3 Å². The monoisotopic (exact) mass is 520 g/mol. The highest BCUT2D eigenvalue weighted by Gasteiger charge is 2.32. The fourth-order valence-corrected chi connectivity index (χ4v) is 4.91. The first kappa shape index (κ1) is 25.7. The van der Waals surface area contributed by atoms with Crippen LogP contribution in [0.1, 0.15) is 63.3 Å². The topological polar surface area (TPSA) is 140 Å². The van der Waals surface area contributed by atoms with Gasteiger partial charge < -0.3 is 19.6 Å². The molecular weight excluding hydrogens is 488 g/mol. The molecule has 0 bridgehead atoms. The van der Waals surface area contributed by atoms with Crippen molar-refractivity contribution < 1.29 is 18.7 Å². The van der Waals surface area contributed by atoms with E-state index in [1.54, 1.807) is 39.5 Å². The molecule has 0 spiro atoms. The minimum absolute atomic E-state index is 0.0760. The fraction of sp³-hybridized carbons (Fsp3) is 0.444. The number of rotatable bonds is 9. The van der Waals surface area contributed by atoms with Crippen molar-refractivity contribution in [3.05, 3.63) is 64.9 Å². The van der Waals surface area contributed by atoms with Gasteiger partial charge >= 0.3 is 5.69 Å². The summed E-state index contributed by atoms with van der Waals surface area (Å²) < 4.78 is 20.4. The number of nitrogens with zero attached hydrogens (tertiary/aromatic N) is 5. The first-order chi connectivity index (χ1) is 18.3. The van der Waals surface area contributed by atoms with Crippen LogP contribution in [-0.2, 0) is 21.5 Å². The highest BCUT2D eigenvalue weighted by Crippen LogP contribution is 2.34. The molecule has 1 aliphatic rings. The van der Waals surface area contributed by atoms with E-state index in [0.717, 1.165) is 25.7 Å². The maximum Gasteiger partial charge on any atom is 0.334 e. The van der Waals surface area contributed by atoms with Gasteiger partial charge in [0.2, 0.25) is 11.8 Å². The van der Waals surface area contributed by atoms with Gasteiger partial charge in [0.05, 0.1) is 19.4 Å². The lowest BCUT2D eigenvalue weighted by Gasteiger charge is -2.29. The lowest BCUT2D eigenvalue weighted by Crippen LogP contribution is -2.48. The van der Waals surface area contributed by atoms with Crippen LogP contribution in [0, 0.1) is 0 Å². The van der Waals surface area contributed by atoms with Crippen molar-refractivity contribution in [2.45, 2.75) is 70.1 Å². The molecule has 1 aliphatic carbocycles. The number of carbonyl (C=O) groups excluding carboxylic acids is 1. The number of pyridine rings is 1. The number of hydrogen-bond donors (Lipinski definition) is 1. The zero-order valence-electron chi connectivity index (χ0n) is 21.8. The number of methoxy groups -OCH3 is 1. The molecule has 4 heterocycles. The molecule has 1 atom stereocenters. The predicted octanol–water partition coefficient (Wildman–Crippen LogP) is 3.41. The van der Waals surface area contributed by atoms with Crippen LogP contribution < -0.4 is 16.2 Å². The van der Waals surface area contributed by atoms with Gasteiger partial charge in [0, 0.05) is 30.6 Å². The Bertz CT molecular complexity index is 1480. The second-order valence-electron chi connectivity index (χ2n) is 10.1. The van der Waals surface area contributed by atoms with Crippen LogP contribution in [0.4, 0.5) is 0 Å². The average molecular weight is 521 g/mol. The van der Waals surface area contributed by atoms with Gasteiger partial charge in [-0.15, -0.1) is 0 Å². The number of primary amides is 1. The number of hydrogen-bond acceptors (Lipinski definition) is 8. The fourth-order valence-electron chi connectivity index (χ4n) is 4.91. The minimum atomic E-state index is -1.30. The molecule has 38 heavy (non-hydrogen) atoms. The van der Waals surface area contributed by atoms with Crippen molar-refractivity contribution >= 4 is 11.6 Å². The van der Waals surface area contributed by atoms with Crippen LogP contribution in [0.3, 0.4) is 0 Å². The summed E-state index contributed by atoms with van der Waals surface area (Å²) in [4.78, 5) is 39.4. The van der Waals surface area contributed by atoms with E-state index in [4.69, 9.17) is 24.6 Å². The Morgan fingerprint density at radius 2 is 2.00 bits per heavy atom. The molecule has 0 aromatic carbocycles. The second-order valence-corrected chi connectivity index (χ2v) is 10.1. The van der Waals surface area contributed by atoms with Gasteiger partial charge in [-0.1, -0.05) is 19.3 Å². The number of amides is 1. The minimum Gasteiger partial charge on any atom is -0.495 e. The number of fused-ring (bicyclic) bond motifs is 1. The summed E-state index contributed by atoms with van der Waals surface area (Å²) >= 11 is 0. The van der Waals surface area contributed by atoms with E-state index in [1.165, 1.54) is 27.8 Å². The molecule has 11 nitrogen and oxygen atoms in total. The van der Waals surface area contributed by atoms with E-state index >= 15 is 0 Å². The lowest BCUT2D eigenvalue weighted by atomic mass is 9.97. The molecular formula is C27H32N6O5. The van der Waals surface area contributed by atoms with Crippen LogP contribution in [-0.4, -0.2) is 43.0 Å². The summed E-state index contributed by atoms with van der Waals surface area (Å²) in [6.45, 7) is 3.21. The molecule has 11 heteroatoms. The Hall–Kier alpha value is -3.99. The zero-order valence-corrected chi connectivity index (χ0v) is 21.8. The summed E-state index contributed by atoms with van der Waals surface area (Å²) in [6, 6.07) is 3.66. The second kappa shape index (κ2) is 10.4. The summed E-state index contributed by atoms with van der Waals surface area (Å²) in [5.41, 5.74) is 6.08. The molecule has 4 aromatic heterocycles. The molecule has 0 unspecified atom stereocenters. The van der Waals surface area contributed by atoms with Gasteiger partial charge in [0.15, 0.2) is 0 Å². The Morgan fingerprint density at radius 1 is 1.21 bits per heavy atom. The Labute approximate surface area is 219 Å². The molecule has 0 saturated heterocycles. The maximum atomic E-state index is 13.6. The SMILES string of the molecule is COc1cccnc1[C@H](Cc1cn(C(C)(C)C(N)=O)c(=O)n2cc(-c3ncco3)nc12)OC1CCCCC1. The first-order valence-corrected chi connectivity index (χ1v) is 12.8. The van der Waals surface area contributed by atoms with E-state index in [-0.39, 0.29) is 12.0 Å². The smallest absolute Gasteiger partial charge is 0.334 e. The Balaban J connectivity index is 1.67. The van der Waals surface area contributed by atoms with Gasteiger partial charge in [-0.05, 0) is 38.8 Å². The average Bonchev–Trinajstić information content (AvgIpc) is 3.61. The Morgan fingerprint density at radius 3 is 2.68 bits per heavy atom. The summed E-state index contributed by atoms with van der Waals surface area (Å²) in [5, 5.41) is 0. The maximum absolute atomic E-state index is 13.6. The van der Waals surface area contributed by atoms with Gasteiger partial charge in [-0.25, -0.2) is 14.8 Å². The van der Waals surface area contributed by atoms with Gasteiger partial charge in [-0.2, -0.15) is 0 Å². The third kappa shape index (κ3) is 4.81. The van der Waals surface area contributed by atoms with Crippen LogP contribution in [0.2, 0.25) is 0 Å². The summed E-state index contributed by atoms with van der Waals surface area (Å²) in [6.07, 6.45) is 13.1. The number of ether oxygens (including phenoxy) is 2. The predicted molar refractivity (Wildman–Crippen MR) is 139 cm³/mol. The largest absolute Gasteiger partial charge is 0.495 e. The van der Waals surface area contributed by atoms with Gasteiger partial charge in [-0.3, -0.25) is 18.7 Å². The molecule has 200 valence electrons. The van der Waals surface area contributed by atoms with E-state index in [2.05, 4.69) is 9.97 Å². The van der Waals surface area contributed by atoms with Gasteiger partial charge in [0.25, 0.3) is 0 Å². The summed E-state index contributed by atoms with van der Waals surface area (Å²) in [7, 11) is 1.60. The van der Waals surface area contributed by atoms with Crippen molar-refractivity contribution in [2.24, 2.45) is 5.73 Å². The number of nitrogens with two attached hydrogens (primary N) is 1. The molecule has 1 saturated carbocycles. The molecule has 5 rings (SSSR count). The number of imidazole rings is 1. The van der Waals surface area contributed by atoms with Gasteiger partial charge in [0.1, 0.15) is 40.7 Å². The van der Waals surface area contributed by atoms with E-state index in [1.807, 2.05) is 12.1 Å². The van der Waals surface area contributed by atoms with E-state index in [9.17, 15) is 9.59 Å². The molecule has 1 fully saturated rings. The number of aromatic nitrogens is 5. The van der Waals surface area contributed by atoms with Crippen molar-refractivity contribution in [1.82, 2.24) is 23.9 Å². The van der Waals surface area contributed by atoms with Crippen LogP contribution in [0.5, 0.6) is 5.75 Å². The zero-order chi connectivity index (χ0) is 26.9. The first-order valence-electron chi connectivity index (χ1n) is 12.8. The third-order valence-corrected chi connectivity index (χ3v) is 7.19. The highest BCUT2D eigenvalue weighted by atomic mass is 16.5. The third-order valence-electron chi connectivity index (χ3n) is 7.19. The lowest BCUT2D eigenvalue weighted by molar-refractivity contribution is -0.125. The molecule has 4 aromatic rings. The van der Waals surface area contributed by atoms with E-state index < -0.39 is 23.2 Å². The van der Waals surface area contributed by atoms with Crippen LogP contribution >= 0.6 is 0 Å². The Kier molecular flexibility index (Phi) is 7.02. The number of carbonyl (C=O) groups is 1. The van der Waals surface area contributed by atoms with Crippen LogP contribution in [0.15, 0.2) is 52.4 Å². The van der Waals surface area contributed by atoms with Crippen molar-refractivity contribution in [1.29, 1.82) is 0 Å². The molecule has 2 N–H and O–H groups in total. The van der Waals surface area contributed by atoms with Crippen molar-refractivity contribution in [3.63, 3.8) is 0 Å². The summed E-state index contributed by atoms with van der Waals surface area (Å²) in [5.74, 6) is 0.249. The number of oxazole rings is 1. The standard InChI is InChI=1S/C27H32N6O5/c1-27(2,25(28)34)33-15-17(23-31-19(16-32(23)26(33)35)24-30-12-13-37-24)14-21(38-18-8-5-4-6-9-18)22-20(36-3)10-7-11-29-22/h7,10-13,15-16,18,21H,4-6,8-9,14H2,1-3H3,(H2,28,34)/t21-/m0/s1. The highest BCUT2D eigenvalue weighted by molar-refractivity contribution is 5.81. The van der Waals surface area contributed by atoms with E-state index in [0.29, 0.717) is 34.8 Å². The molecule has 0 aliphatic heterocycles. The van der Waals surface area contributed by atoms with Crippen molar-refractivity contribution in [2.75, 3.05) is 7.11 Å². The van der Waals surface area contributed by atoms with Crippen LogP contribution in [0.25, 0.3) is 17.2 Å². The quantitative estimate of drug-likeness (QED) is 0.354. The molecule has 1 amide bonds.